The second-order valence-electron chi connectivity index (χ2n) is 1.09. The van der Waals surface area contributed by atoms with Gasteiger partial charge in [-0.25, -0.2) is 0 Å². The maximum Gasteiger partial charge on any atom is 0.242 e. The summed E-state index contributed by atoms with van der Waals surface area (Å²) in [7, 11) is -0.412. The molecule has 40 valence electrons. The van der Waals surface area contributed by atoms with Gasteiger partial charge in [-0.1, -0.05) is 11.8 Å². The third-order valence-corrected chi connectivity index (χ3v) is 1.07. The lowest BCUT2D eigenvalue weighted by Gasteiger charge is -1.88. The monoisotopic (exact) mass is 114 g/mol. The van der Waals surface area contributed by atoms with Crippen LogP contribution in [0.4, 0.5) is 0 Å². The Morgan fingerprint density at radius 3 is 2.86 bits per heavy atom. The van der Waals surface area contributed by atoms with Gasteiger partial charge in [0.2, 0.25) is 9.76 Å². The number of hydrogen-bond donors (Lipinski definition) is 0. The van der Waals surface area contributed by atoms with E-state index in [0.29, 0.717) is 0 Å². The molecule has 0 heterocycles. The van der Waals surface area contributed by atoms with E-state index in [9.17, 15) is 0 Å². The molecule has 0 saturated carbocycles. The van der Waals surface area contributed by atoms with E-state index in [4.69, 9.17) is 4.43 Å². The molecule has 0 unspecified atom stereocenters. The first-order valence-electron chi connectivity index (χ1n) is 2.25. The summed E-state index contributed by atoms with van der Waals surface area (Å²) in [5, 5.41) is 0. The zero-order chi connectivity index (χ0) is 5.54. The lowest BCUT2D eigenvalue weighted by atomic mass is 10.8. The molecule has 0 aliphatic heterocycles. The van der Waals surface area contributed by atoms with Crippen molar-refractivity contribution in [2.75, 3.05) is 0 Å². The van der Waals surface area contributed by atoms with E-state index in [1.54, 1.807) is 6.26 Å². The molecule has 0 N–H and O–H groups in total. The average Bonchev–Trinajstić information content (AvgIpc) is 1.69. The van der Waals surface area contributed by atoms with Gasteiger partial charge >= 0.3 is 0 Å². The number of hydrogen-bond acceptors (Lipinski definition) is 1. The Balaban J connectivity index is 2.82. The van der Waals surface area contributed by atoms with Crippen LogP contribution in [0.25, 0.3) is 0 Å². The minimum atomic E-state index is -0.412. The molecule has 0 aromatic carbocycles. The molecule has 0 spiro atoms. The number of rotatable bonds is 3. The fraction of sp³-hybridized carbons (Fsp3) is 0.200. The van der Waals surface area contributed by atoms with E-state index in [2.05, 4.69) is 6.58 Å². The van der Waals surface area contributed by atoms with Crippen LogP contribution in [-0.2, 0) is 4.43 Å². The summed E-state index contributed by atoms with van der Waals surface area (Å²) in [6.45, 7) is 5.46. The fourth-order valence-corrected chi connectivity index (χ4v) is 0.659. The Morgan fingerprint density at radius 2 is 2.43 bits per heavy atom. The van der Waals surface area contributed by atoms with Gasteiger partial charge in [-0.05, 0) is 6.92 Å². The number of allylic oxidation sites excluding steroid dienone is 1. The smallest absolute Gasteiger partial charge is 0.242 e. The molecule has 0 saturated heterocycles. The van der Waals surface area contributed by atoms with Gasteiger partial charge in [0, 0.05) is 0 Å². The highest BCUT2D eigenvalue weighted by molar-refractivity contribution is 6.34. The van der Waals surface area contributed by atoms with Gasteiger partial charge in [0.1, 0.15) is 0 Å². The highest BCUT2D eigenvalue weighted by atomic mass is 28.2. The summed E-state index contributed by atoms with van der Waals surface area (Å²) in [6.07, 6.45) is 3.57. The Bertz CT molecular complexity index is 68.5. The lowest BCUT2D eigenvalue weighted by Crippen LogP contribution is -1.83. The zero-order valence-electron chi connectivity index (χ0n) is 4.55. The summed E-state index contributed by atoms with van der Waals surface area (Å²) >= 11 is 0. The highest BCUT2D eigenvalue weighted by Crippen LogP contribution is 1.71. The summed E-state index contributed by atoms with van der Waals surface area (Å²) in [4.78, 5) is 0. The molecule has 0 aliphatic carbocycles. The van der Waals surface area contributed by atoms with Crippen molar-refractivity contribution in [3.63, 3.8) is 0 Å². The molecule has 0 amide bonds. The predicted octanol–water partition coefficient (Wildman–Crippen LogP) is 0.764. The second kappa shape index (κ2) is 5.50. The first-order valence-corrected chi connectivity index (χ1v) is 3.65. The van der Waals surface area contributed by atoms with Crippen LogP contribution in [0.2, 0.25) is 0 Å². The summed E-state index contributed by atoms with van der Waals surface area (Å²) < 4.78 is 4.97. The van der Waals surface area contributed by atoms with Crippen molar-refractivity contribution in [3.8, 4) is 0 Å². The van der Waals surface area contributed by atoms with Gasteiger partial charge in [-0.2, -0.15) is 0 Å². The van der Waals surface area contributed by atoms with Gasteiger partial charge in [0.25, 0.3) is 0 Å². The maximum atomic E-state index is 4.97. The fourth-order valence-electron chi connectivity index (χ4n) is 0.220. The Labute approximate surface area is 46.6 Å². The molecule has 0 radical (unpaired) electrons. The molecular formula is C5H10OSi. The molecule has 1 nitrogen and oxygen atoms in total. The first kappa shape index (κ1) is 6.50. The molecule has 7 heavy (non-hydrogen) atoms. The summed E-state index contributed by atoms with van der Waals surface area (Å²) in [5.41, 5.74) is 1.85. The van der Waals surface area contributed by atoms with Crippen LogP contribution in [0.1, 0.15) is 6.92 Å². The van der Waals surface area contributed by atoms with Crippen LogP contribution in [-0.4, -0.2) is 9.76 Å². The van der Waals surface area contributed by atoms with E-state index in [1.807, 2.05) is 18.7 Å². The molecular weight excluding hydrogens is 104 g/mol. The van der Waals surface area contributed by atoms with E-state index in [1.165, 1.54) is 0 Å². The summed E-state index contributed by atoms with van der Waals surface area (Å²) in [5.74, 6) is 0. The van der Waals surface area contributed by atoms with Crippen molar-refractivity contribution in [1.29, 1.82) is 0 Å². The van der Waals surface area contributed by atoms with Crippen molar-refractivity contribution >= 4 is 9.76 Å². The average molecular weight is 114 g/mol. The van der Waals surface area contributed by atoms with Gasteiger partial charge in [0.05, 0.1) is 6.26 Å². The molecule has 0 aromatic rings. The topological polar surface area (TPSA) is 9.23 Å². The van der Waals surface area contributed by atoms with Gasteiger partial charge in [-0.3, -0.25) is 0 Å². The third-order valence-electron chi connectivity index (χ3n) is 0.446. The van der Waals surface area contributed by atoms with Crippen molar-refractivity contribution in [1.82, 2.24) is 0 Å². The molecule has 2 heteroatoms. The van der Waals surface area contributed by atoms with Crippen molar-refractivity contribution in [3.05, 3.63) is 24.6 Å². The predicted molar refractivity (Wildman–Crippen MR) is 34.6 cm³/mol. The Hall–Kier alpha value is -0.503. The SMILES string of the molecule is C=C[SiH2]O/C=C/C. The largest absolute Gasteiger partial charge is 0.551 e. The molecule has 0 bridgehead atoms. The second-order valence-corrected chi connectivity index (χ2v) is 2.34. The van der Waals surface area contributed by atoms with Crippen LogP contribution in [0, 0.1) is 0 Å². The van der Waals surface area contributed by atoms with E-state index in [0.717, 1.165) is 0 Å². The molecule has 0 aromatic heterocycles. The van der Waals surface area contributed by atoms with Crippen LogP contribution < -0.4 is 0 Å². The van der Waals surface area contributed by atoms with E-state index >= 15 is 0 Å². The van der Waals surface area contributed by atoms with Crippen molar-refractivity contribution in [2.24, 2.45) is 0 Å². The maximum absolute atomic E-state index is 4.97. The standard InChI is InChI=1S/C5H10OSi/c1-3-5-6-7-4-2/h3-5H,2,7H2,1H3/b5-3+. The van der Waals surface area contributed by atoms with Crippen molar-refractivity contribution < 1.29 is 4.43 Å². The summed E-state index contributed by atoms with van der Waals surface area (Å²) in [6, 6.07) is 0. The van der Waals surface area contributed by atoms with Gasteiger partial charge < -0.3 is 4.43 Å². The zero-order valence-corrected chi connectivity index (χ0v) is 5.97. The van der Waals surface area contributed by atoms with Crippen LogP contribution in [0.3, 0.4) is 0 Å². The van der Waals surface area contributed by atoms with Gasteiger partial charge in [-0.15, -0.1) is 6.58 Å². The highest BCUT2D eigenvalue weighted by Gasteiger charge is 1.67. The normalized spacial score (nSPS) is 11.0. The molecule has 0 rings (SSSR count). The minimum Gasteiger partial charge on any atom is -0.551 e. The Morgan fingerprint density at radius 1 is 1.71 bits per heavy atom. The van der Waals surface area contributed by atoms with E-state index < -0.39 is 9.76 Å². The molecule has 0 atom stereocenters. The van der Waals surface area contributed by atoms with E-state index in [-0.39, 0.29) is 0 Å². The van der Waals surface area contributed by atoms with Crippen molar-refractivity contribution in [2.45, 2.75) is 6.92 Å². The van der Waals surface area contributed by atoms with Crippen LogP contribution in [0.5, 0.6) is 0 Å². The van der Waals surface area contributed by atoms with Crippen LogP contribution in [0.15, 0.2) is 24.6 Å². The minimum absolute atomic E-state index is 0.412. The van der Waals surface area contributed by atoms with Gasteiger partial charge in [0.15, 0.2) is 0 Å². The lowest BCUT2D eigenvalue weighted by molar-refractivity contribution is 0.522. The molecule has 0 fully saturated rings. The third kappa shape index (κ3) is 5.50. The quantitative estimate of drug-likeness (QED) is 0.299. The first-order chi connectivity index (χ1) is 3.41. The van der Waals surface area contributed by atoms with Crippen LogP contribution >= 0.6 is 0 Å². The molecule has 0 aliphatic rings. The Kier molecular flexibility index (Phi) is 5.10.